The molecule has 0 saturated carbocycles. The lowest BCUT2D eigenvalue weighted by atomic mass is 9.58. The van der Waals surface area contributed by atoms with Crippen molar-refractivity contribution in [3.05, 3.63) is 0 Å². The van der Waals surface area contributed by atoms with Crippen LogP contribution in [0.15, 0.2) is 0 Å². The number of aliphatic hydroxyl groups is 4. The number of hydrogen-bond donors (Lipinski definition) is 4. The van der Waals surface area contributed by atoms with Crippen LogP contribution in [0.25, 0.3) is 0 Å². The Bertz CT molecular complexity index is 733. The zero-order chi connectivity index (χ0) is 35.1. The standard InChI is InChI=1S/C36H74O8/c1-28(2,37)17-21-41-32(9,10)25-36(35(15,16)44-24-20-31(7,8)40,26-33(11,12)42-22-18-29(3,4)38)27-34(13,14)43-23-19-30(5,6)39/h37-40H,17-27H2,1-16H3. The van der Waals surface area contributed by atoms with Gasteiger partial charge >= 0.3 is 0 Å². The van der Waals surface area contributed by atoms with E-state index >= 15 is 0 Å². The highest BCUT2D eigenvalue weighted by atomic mass is 16.5. The summed E-state index contributed by atoms with van der Waals surface area (Å²) in [6.07, 6.45) is 3.83. The van der Waals surface area contributed by atoms with Crippen LogP contribution in [0.2, 0.25) is 0 Å². The minimum absolute atomic E-state index is 0.373. The van der Waals surface area contributed by atoms with Gasteiger partial charge in [0.1, 0.15) is 0 Å². The van der Waals surface area contributed by atoms with Crippen LogP contribution in [-0.4, -0.2) is 91.7 Å². The van der Waals surface area contributed by atoms with E-state index in [0.717, 1.165) is 0 Å². The van der Waals surface area contributed by atoms with Crippen LogP contribution in [0.1, 0.15) is 156 Å². The molecule has 0 aromatic rings. The molecule has 8 heteroatoms. The molecule has 0 saturated heterocycles. The molecular weight excluding hydrogens is 560 g/mol. The molecule has 0 aromatic carbocycles. The highest BCUT2D eigenvalue weighted by molar-refractivity contribution is 5.04. The molecule has 0 aliphatic heterocycles. The molecule has 0 amide bonds. The van der Waals surface area contributed by atoms with Gasteiger partial charge in [0, 0.05) is 5.41 Å². The Balaban J connectivity index is 6.77. The van der Waals surface area contributed by atoms with Gasteiger partial charge in [0.2, 0.25) is 0 Å². The third-order valence-corrected chi connectivity index (χ3v) is 8.37. The number of rotatable bonds is 23. The predicted octanol–water partition coefficient (Wildman–Crippen LogP) is 6.97. The van der Waals surface area contributed by atoms with E-state index in [2.05, 4.69) is 55.4 Å². The molecule has 0 unspecified atom stereocenters. The van der Waals surface area contributed by atoms with Crippen molar-refractivity contribution in [3.8, 4) is 0 Å². The van der Waals surface area contributed by atoms with Crippen molar-refractivity contribution in [1.29, 1.82) is 0 Å². The van der Waals surface area contributed by atoms with E-state index in [1.807, 2.05) is 0 Å². The third kappa shape index (κ3) is 20.0. The van der Waals surface area contributed by atoms with E-state index in [4.69, 9.17) is 18.9 Å². The highest BCUT2D eigenvalue weighted by Crippen LogP contribution is 2.53. The molecule has 0 aliphatic rings. The van der Waals surface area contributed by atoms with Crippen molar-refractivity contribution in [2.45, 2.75) is 201 Å². The summed E-state index contributed by atoms with van der Waals surface area (Å²) in [5, 5.41) is 41.5. The molecule has 0 bridgehead atoms. The normalized spacial score (nSPS) is 15.3. The molecule has 0 rings (SSSR count). The first-order valence-corrected chi connectivity index (χ1v) is 16.7. The summed E-state index contributed by atoms with van der Waals surface area (Å²) in [6, 6.07) is 0. The quantitative estimate of drug-likeness (QED) is 0.0952. The molecule has 0 aromatic heterocycles. The Morgan fingerprint density at radius 3 is 0.750 bits per heavy atom. The van der Waals surface area contributed by atoms with Gasteiger partial charge in [-0.25, -0.2) is 0 Å². The molecule has 4 N–H and O–H groups in total. The van der Waals surface area contributed by atoms with E-state index < -0.39 is 50.2 Å². The fourth-order valence-electron chi connectivity index (χ4n) is 5.86. The van der Waals surface area contributed by atoms with Crippen molar-refractivity contribution >= 4 is 0 Å². The highest BCUT2D eigenvalue weighted by Gasteiger charge is 2.54. The topological polar surface area (TPSA) is 118 Å². The second-order valence-electron chi connectivity index (χ2n) is 18.2. The zero-order valence-electron chi connectivity index (χ0n) is 31.7. The van der Waals surface area contributed by atoms with Crippen LogP contribution in [0.4, 0.5) is 0 Å². The van der Waals surface area contributed by atoms with Gasteiger partial charge in [0.05, 0.1) is 71.2 Å². The third-order valence-electron chi connectivity index (χ3n) is 8.37. The van der Waals surface area contributed by atoms with Crippen molar-refractivity contribution in [2.75, 3.05) is 26.4 Å². The van der Waals surface area contributed by atoms with Crippen molar-refractivity contribution in [3.63, 3.8) is 0 Å². The molecule has 0 aliphatic carbocycles. The largest absolute Gasteiger partial charge is 0.390 e. The van der Waals surface area contributed by atoms with Gasteiger partial charge in [-0.2, -0.15) is 0 Å². The molecule has 0 atom stereocenters. The van der Waals surface area contributed by atoms with Gasteiger partial charge in [0.15, 0.2) is 0 Å². The van der Waals surface area contributed by atoms with Crippen LogP contribution in [0, 0.1) is 5.41 Å². The Morgan fingerprint density at radius 2 is 0.545 bits per heavy atom. The lowest BCUT2D eigenvalue weighted by molar-refractivity contribution is -0.205. The minimum Gasteiger partial charge on any atom is -0.390 e. The molecule has 0 heterocycles. The molecule has 8 nitrogen and oxygen atoms in total. The van der Waals surface area contributed by atoms with E-state index in [-0.39, 0.29) is 0 Å². The maximum Gasteiger partial charge on any atom is 0.0685 e. The first kappa shape index (κ1) is 43.7. The minimum atomic E-state index is -0.864. The molecule has 0 radical (unpaired) electrons. The maximum absolute atomic E-state index is 10.5. The van der Waals surface area contributed by atoms with Crippen LogP contribution < -0.4 is 0 Å². The van der Waals surface area contributed by atoms with Gasteiger partial charge in [-0.15, -0.1) is 0 Å². The summed E-state index contributed by atoms with van der Waals surface area (Å²) >= 11 is 0. The lowest BCUT2D eigenvalue weighted by Crippen LogP contribution is -2.56. The van der Waals surface area contributed by atoms with E-state index in [1.54, 1.807) is 55.4 Å². The van der Waals surface area contributed by atoms with Gasteiger partial charge in [-0.1, -0.05) is 0 Å². The summed E-state index contributed by atoms with van der Waals surface area (Å²) in [6.45, 7) is 32.6. The Hall–Kier alpha value is -0.320. The van der Waals surface area contributed by atoms with Crippen molar-refractivity contribution in [2.24, 2.45) is 5.41 Å². The Labute approximate surface area is 271 Å². The first-order chi connectivity index (χ1) is 19.2. The molecule has 0 fully saturated rings. The Morgan fingerprint density at radius 1 is 0.341 bits per heavy atom. The predicted molar refractivity (Wildman–Crippen MR) is 180 cm³/mol. The molecular formula is C36H74O8. The van der Waals surface area contributed by atoms with Crippen LogP contribution in [-0.2, 0) is 18.9 Å². The zero-order valence-corrected chi connectivity index (χ0v) is 31.7. The first-order valence-electron chi connectivity index (χ1n) is 16.7. The smallest absolute Gasteiger partial charge is 0.0685 e. The molecule has 0 spiro atoms. The van der Waals surface area contributed by atoms with Gasteiger partial charge in [0.25, 0.3) is 0 Å². The summed E-state index contributed by atoms with van der Waals surface area (Å²) < 4.78 is 26.2. The average Bonchev–Trinajstić information content (AvgIpc) is 2.67. The van der Waals surface area contributed by atoms with Gasteiger partial charge in [-0.05, 0) is 156 Å². The van der Waals surface area contributed by atoms with Crippen LogP contribution in [0.3, 0.4) is 0 Å². The average molecular weight is 635 g/mol. The van der Waals surface area contributed by atoms with E-state index in [1.165, 1.54) is 0 Å². The summed E-state index contributed by atoms with van der Waals surface area (Å²) in [7, 11) is 0. The number of ether oxygens (including phenoxy) is 4. The second-order valence-corrected chi connectivity index (χ2v) is 18.2. The van der Waals surface area contributed by atoms with Crippen molar-refractivity contribution in [1.82, 2.24) is 0 Å². The SMILES string of the molecule is CC(C)(O)CCOC(C)(C)CC(CC(C)(C)OCCC(C)(C)O)(CC(C)(C)OCCC(C)(C)O)C(C)(C)OCCC(C)(C)O. The van der Waals surface area contributed by atoms with Crippen LogP contribution >= 0.6 is 0 Å². The van der Waals surface area contributed by atoms with Crippen molar-refractivity contribution < 1.29 is 39.4 Å². The number of hydrogen-bond acceptors (Lipinski definition) is 8. The Kier molecular flexibility index (Phi) is 15.6. The van der Waals surface area contributed by atoms with E-state index in [0.29, 0.717) is 71.4 Å². The van der Waals surface area contributed by atoms with Gasteiger partial charge in [-0.3, -0.25) is 0 Å². The van der Waals surface area contributed by atoms with Gasteiger partial charge < -0.3 is 39.4 Å². The fourth-order valence-corrected chi connectivity index (χ4v) is 5.86. The summed E-state index contributed by atoms with van der Waals surface area (Å²) in [5.74, 6) is 0. The second kappa shape index (κ2) is 15.7. The lowest BCUT2D eigenvalue weighted by Gasteiger charge is -2.55. The fraction of sp³-hybridized carbons (Fsp3) is 1.00. The monoisotopic (exact) mass is 635 g/mol. The van der Waals surface area contributed by atoms with E-state index in [9.17, 15) is 20.4 Å². The molecule has 44 heavy (non-hydrogen) atoms. The van der Waals surface area contributed by atoms with Crippen LogP contribution in [0.5, 0.6) is 0 Å². The maximum atomic E-state index is 10.5. The summed E-state index contributed by atoms with van der Waals surface area (Å²) in [5.41, 5.74) is -6.39. The summed E-state index contributed by atoms with van der Waals surface area (Å²) in [4.78, 5) is 0. The molecule has 266 valence electrons.